The average Bonchev–Trinajstić information content (AvgIpc) is 2.61. The highest BCUT2D eigenvalue weighted by Gasteiger charge is 2.10. The fourth-order valence-electron chi connectivity index (χ4n) is 2.71. The summed E-state index contributed by atoms with van der Waals surface area (Å²) in [4.78, 5) is 11.0. The number of rotatable bonds is 6. The van der Waals surface area contributed by atoms with Gasteiger partial charge in [0, 0.05) is 50.0 Å². The first-order valence-corrected chi connectivity index (χ1v) is 7.67. The van der Waals surface area contributed by atoms with Gasteiger partial charge < -0.3 is 0 Å². The molecule has 0 aliphatic heterocycles. The molecule has 0 saturated carbocycles. The molecule has 2 aromatic heterocycles. The summed E-state index contributed by atoms with van der Waals surface area (Å²) >= 11 is 0. The molecule has 3 rings (SSSR count). The van der Waals surface area contributed by atoms with Crippen LogP contribution in [0.15, 0.2) is 61.1 Å². The lowest BCUT2D eigenvalue weighted by Gasteiger charge is -2.21. The van der Waals surface area contributed by atoms with Gasteiger partial charge in [-0.15, -0.1) is 0 Å². The van der Waals surface area contributed by atoms with Crippen molar-refractivity contribution in [3.05, 3.63) is 72.2 Å². The van der Waals surface area contributed by atoms with E-state index in [1.165, 1.54) is 5.56 Å². The minimum Gasteiger partial charge on any atom is -0.294 e. The van der Waals surface area contributed by atoms with Gasteiger partial charge in [0.05, 0.1) is 11.6 Å². The van der Waals surface area contributed by atoms with Gasteiger partial charge in [-0.05, 0) is 23.3 Å². The maximum absolute atomic E-state index is 8.92. The van der Waals surface area contributed by atoms with Crippen molar-refractivity contribution in [1.29, 1.82) is 5.26 Å². The van der Waals surface area contributed by atoms with Gasteiger partial charge in [0.25, 0.3) is 0 Å². The summed E-state index contributed by atoms with van der Waals surface area (Å²) in [5.41, 5.74) is 3.37. The Morgan fingerprint density at radius 1 is 1.00 bits per heavy atom. The summed E-state index contributed by atoms with van der Waals surface area (Å²) in [6, 6.07) is 16.5. The zero-order valence-electron chi connectivity index (χ0n) is 12.9. The van der Waals surface area contributed by atoms with Gasteiger partial charge in [0.15, 0.2) is 0 Å². The van der Waals surface area contributed by atoms with E-state index >= 15 is 0 Å². The van der Waals surface area contributed by atoms with Crippen molar-refractivity contribution in [3.63, 3.8) is 0 Å². The molecule has 0 radical (unpaired) electrons. The van der Waals surface area contributed by atoms with Gasteiger partial charge in [-0.25, -0.2) is 0 Å². The Hall–Kier alpha value is -2.77. The molecule has 2 heterocycles. The lowest BCUT2D eigenvalue weighted by molar-refractivity contribution is 0.263. The molecule has 3 aromatic rings. The quantitative estimate of drug-likeness (QED) is 0.699. The van der Waals surface area contributed by atoms with Crippen LogP contribution < -0.4 is 0 Å². The number of benzene rings is 1. The van der Waals surface area contributed by atoms with Crippen molar-refractivity contribution in [1.82, 2.24) is 14.9 Å². The minimum atomic E-state index is 0.512. The highest BCUT2D eigenvalue weighted by Crippen LogP contribution is 2.18. The van der Waals surface area contributed by atoms with E-state index in [2.05, 4.69) is 51.3 Å². The Balaban J connectivity index is 1.83. The van der Waals surface area contributed by atoms with Gasteiger partial charge in [-0.1, -0.05) is 30.3 Å². The van der Waals surface area contributed by atoms with Crippen molar-refractivity contribution in [3.8, 4) is 6.07 Å². The molecule has 0 unspecified atom stereocenters. The first-order chi connectivity index (χ1) is 11.4. The van der Waals surface area contributed by atoms with E-state index in [0.29, 0.717) is 6.42 Å². The fourth-order valence-corrected chi connectivity index (χ4v) is 2.71. The van der Waals surface area contributed by atoms with Crippen molar-refractivity contribution in [2.45, 2.75) is 19.5 Å². The summed E-state index contributed by atoms with van der Waals surface area (Å²) in [5.74, 6) is 0. The van der Waals surface area contributed by atoms with E-state index in [4.69, 9.17) is 5.26 Å². The van der Waals surface area contributed by atoms with E-state index < -0.39 is 0 Å². The number of nitriles is 1. The fraction of sp³-hybridized carbons (Fsp3) is 0.211. The van der Waals surface area contributed by atoms with Crippen LogP contribution in [0.1, 0.15) is 17.5 Å². The van der Waals surface area contributed by atoms with Crippen LogP contribution in [-0.4, -0.2) is 21.4 Å². The summed E-state index contributed by atoms with van der Waals surface area (Å²) in [6.45, 7) is 2.28. The van der Waals surface area contributed by atoms with E-state index in [0.717, 1.165) is 36.1 Å². The standard InChI is InChI=1S/C19H18N4/c20-9-4-12-23(14-16-5-2-10-21-13-16)15-18-7-1-6-17-8-3-11-22-19(17)18/h1-3,5-8,10-11,13H,4,12,14-15H2. The third-order valence-electron chi connectivity index (χ3n) is 3.78. The van der Waals surface area contributed by atoms with Crippen LogP contribution in [0.4, 0.5) is 0 Å². The Kier molecular flexibility index (Phi) is 4.92. The van der Waals surface area contributed by atoms with Crippen LogP contribution in [0.5, 0.6) is 0 Å². The van der Waals surface area contributed by atoms with Crippen LogP contribution >= 0.6 is 0 Å². The second-order valence-corrected chi connectivity index (χ2v) is 5.47. The molecule has 4 heteroatoms. The third-order valence-corrected chi connectivity index (χ3v) is 3.78. The number of hydrogen-bond acceptors (Lipinski definition) is 4. The first-order valence-electron chi connectivity index (χ1n) is 7.67. The van der Waals surface area contributed by atoms with Crippen molar-refractivity contribution < 1.29 is 0 Å². The summed E-state index contributed by atoms with van der Waals surface area (Å²) in [5, 5.41) is 10.1. The Morgan fingerprint density at radius 2 is 1.87 bits per heavy atom. The molecular formula is C19H18N4. The maximum atomic E-state index is 8.92. The Morgan fingerprint density at radius 3 is 2.70 bits per heavy atom. The normalized spacial score (nSPS) is 10.8. The first kappa shape index (κ1) is 15.1. The highest BCUT2D eigenvalue weighted by molar-refractivity contribution is 5.81. The van der Waals surface area contributed by atoms with Crippen molar-refractivity contribution in [2.24, 2.45) is 0 Å². The Bertz CT molecular complexity index is 803. The number of hydrogen-bond donors (Lipinski definition) is 0. The summed E-state index contributed by atoms with van der Waals surface area (Å²) in [7, 11) is 0. The van der Waals surface area contributed by atoms with Crippen molar-refractivity contribution in [2.75, 3.05) is 6.54 Å². The Labute approximate surface area is 136 Å². The zero-order valence-corrected chi connectivity index (χ0v) is 12.9. The van der Waals surface area contributed by atoms with Gasteiger partial charge in [0.1, 0.15) is 0 Å². The molecule has 0 fully saturated rings. The van der Waals surface area contributed by atoms with Crippen LogP contribution in [-0.2, 0) is 13.1 Å². The zero-order chi connectivity index (χ0) is 15.9. The summed E-state index contributed by atoms with van der Waals surface area (Å²) in [6.07, 6.45) is 5.99. The molecular weight excluding hydrogens is 284 g/mol. The molecule has 0 N–H and O–H groups in total. The van der Waals surface area contributed by atoms with Crippen LogP contribution in [0.3, 0.4) is 0 Å². The predicted molar refractivity (Wildman–Crippen MR) is 90.3 cm³/mol. The molecule has 0 saturated heterocycles. The molecule has 0 aliphatic carbocycles. The smallest absolute Gasteiger partial charge is 0.0746 e. The van der Waals surface area contributed by atoms with Gasteiger partial charge in [-0.3, -0.25) is 14.9 Å². The average molecular weight is 302 g/mol. The molecule has 23 heavy (non-hydrogen) atoms. The molecule has 1 aromatic carbocycles. The largest absolute Gasteiger partial charge is 0.294 e. The lowest BCUT2D eigenvalue weighted by atomic mass is 10.1. The van der Waals surface area contributed by atoms with E-state index in [1.807, 2.05) is 24.5 Å². The van der Waals surface area contributed by atoms with Crippen LogP contribution in [0, 0.1) is 11.3 Å². The second kappa shape index (κ2) is 7.48. The highest BCUT2D eigenvalue weighted by atomic mass is 15.1. The van der Waals surface area contributed by atoms with Crippen LogP contribution in [0.25, 0.3) is 10.9 Å². The van der Waals surface area contributed by atoms with Gasteiger partial charge in [0.2, 0.25) is 0 Å². The molecule has 0 atom stereocenters. The van der Waals surface area contributed by atoms with E-state index in [-0.39, 0.29) is 0 Å². The predicted octanol–water partition coefficient (Wildman–Crippen LogP) is 3.55. The summed E-state index contributed by atoms with van der Waals surface area (Å²) < 4.78 is 0. The minimum absolute atomic E-state index is 0.512. The van der Waals surface area contributed by atoms with Crippen molar-refractivity contribution >= 4 is 10.9 Å². The van der Waals surface area contributed by atoms with Gasteiger partial charge >= 0.3 is 0 Å². The molecule has 114 valence electrons. The number of nitrogens with zero attached hydrogens (tertiary/aromatic N) is 4. The molecule has 0 bridgehead atoms. The number of pyridine rings is 2. The third kappa shape index (κ3) is 3.91. The van der Waals surface area contributed by atoms with E-state index in [1.54, 1.807) is 6.20 Å². The second-order valence-electron chi connectivity index (χ2n) is 5.47. The molecule has 0 amide bonds. The van der Waals surface area contributed by atoms with Crippen LogP contribution in [0.2, 0.25) is 0 Å². The van der Waals surface area contributed by atoms with Gasteiger partial charge in [-0.2, -0.15) is 5.26 Å². The topological polar surface area (TPSA) is 52.8 Å². The maximum Gasteiger partial charge on any atom is 0.0746 e. The molecule has 4 nitrogen and oxygen atoms in total. The monoisotopic (exact) mass is 302 g/mol. The number of aromatic nitrogens is 2. The number of fused-ring (bicyclic) bond motifs is 1. The lowest BCUT2D eigenvalue weighted by Crippen LogP contribution is -2.24. The SMILES string of the molecule is N#CCCN(Cc1cccnc1)Cc1cccc2cccnc12. The molecule has 0 spiro atoms. The molecule has 0 aliphatic rings. The van der Waals surface area contributed by atoms with E-state index in [9.17, 15) is 0 Å². The number of para-hydroxylation sites is 1.